The molecule has 0 radical (unpaired) electrons. The third-order valence-electron chi connectivity index (χ3n) is 3.84. The molecule has 0 saturated carbocycles. The number of amides is 2. The fraction of sp³-hybridized carbons (Fsp3) is 0.105. The summed E-state index contributed by atoms with van der Waals surface area (Å²) >= 11 is 3.40. The zero-order valence-corrected chi connectivity index (χ0v) is 16.2. The maximum absolute atomic E-state index is 14.0. The first kappa shape index (κ1) is 18.8. The summed E-state index contributed by atoms with van der Waals surface area (Å²) in [4.78, 5) is 23.8. The van der Waals surface area contributed by atoms with E-state index in [0.29, 0.717) is 16.9 Å². The Labute approximate surface area is 163 Å². The number of carbonyl (C=O) groups is 2. The molecule has 6 nitrogen and oxygen atoms in total. The van der Waals surface area contributed by atoms with Gasteiger partial charge in [0, 0.05) is 17.1 Å². The Morgan fingerprint density at radius 2 is 1.93 bits per heavy atom. The second kappa shape index (κ2) is 7.71. The van der Waals surface area contributed by atoms with Gasteiger partial charge in [-0.3, -0.25) is 9.59 Å². The second-order valence-electron chi connectivity index (χ2n) is 5.87. The Hall–Kier alpha value is -3.00. The number of rotatable bonds is 4. The van der Waals surface area contributed by atoms with E-state index in [9.17, 15) is 14.0 Å². The highest BCUT2D eigenvalue weighted by molar-refractivity contribution is 9.10. The quantitative estimate of drug-likeness (QED) is 0.647. The van der Waals surface area contributed by atoms with E-state index in [2.05, 4.69) is 31.7 Å². The van der Waals surface area contributed by atoms with Gasteiger partial charge in [-0.2, -0.15) is 5.10 Å². The zero-order valence-electron chi connectivity index (χ0n) is 14.6. The summed E-state index contributed by atoms with van der Waals surface area (Å²) in [6.45, 7) is 3.11. The highest BCUT2D eigenvalue weighted by Crippen LogP contribution is 2.22. The van der Waals surface area contributed by atoms with Crippen LogP contribution in [0.3, 0.4) is 0 Å². The molecule has 138 valence electrons. The van der Waals surface area contributed by atoms with Crippen molar-refractivity contribution in [1.82, 2.24) is 9.78 Å². The van der Waals surface area contributed by atoms with Crippen molar-refractivity contribution < 1.29 is 14.0 Å². The molecule has 1 aromatic heterocycles. The van der Waals surface area contributed by atoms with Gasteiger partial charge >= 0.3 is 0 Å². The van der Waals surface area contributed by atoms with Crippen LogP contribution in [0.2, 0.25) is 0 Å². The fourth-order valence-corrected chi connectivity index (χ4v) is 2.98. The smallest absolute Gasteiger partial charge is 0.259 e. The molecule has 0 atom stereocenters. The lowest BCUT2D eigenvalue weighted by molar-refractivity contribution is -0.114. The van der Waals surface area contributed by atoms with Crippen molar-refractivity contribution in [1.29, 1.82) is 0 Å². The zero-order chi connectivity index (χ0) is 19.6. The molecular formula is C19H16BrFN4O2. The molecule has 0 saturated heterocycles. The lowest BCUT2D eigenvalue weighted by Crippen LogP contribution is -2.15. The van der Waals surface area contributed by atoms with Crippen molar-refractivity contribution in [3.05, 3.63) is 70.2 Å². The largest absolute Gasteiger partial charge is 0.326 e. The van der Waals surface area contributed by atoms with Crippen molar-refractivity contribution in [3.8, 4) is 5.69 Å². The molecular weight excluding hydrogens is 415 g/mol. The van der Waals surface area contributed by atoms with E-state index in [-0.39, 0.29) is 11.6 Å². The van der Waals surface area contributed by atoms with Crippen LogP contribution in [-0.4, -0.2) is 21.6 Å². The minimum absolute atomic E-state index is 0.0270. The molecule has 1 heterocycles. The van der Waals surface area contributed by atoms with Gasteiger partial charge in [0.05, 0.1) is 28.8 Å². The summed E-state index contributed by atoms with van der Waals surface area (Å²) in [7, 11) is 0. The minimum Gasteiger partial charge on any atom is -0.326 e. The van der Waals surface area contributed by atoms with E-state index in [1.165, 1.54) is 31.3 Å². The Balaban J connectivity index is 1.86. The van der Waals surface area contributed by atoms with Gasteiger partial charge in [0.2, 0.25) is 5.91 Å². The maximum Gasteiger partial charge on any atom is 0.259 e. The number of carbonyl (C=O) groups excluding carboxylic acids is 2. The van der Waals surface area contributed by atoms with E-state index >= 15 is 0 Å². The predicted molar refractivity (Wildman–Crippen MR) is 105 cm³/mol. The average molecular weight is 431 g/mol. The van der Waals surface area contributed by atoms with E-state index < -0.39 is 11.7 Å². The third-order valence-corrected chi connectivity index (χ3v) is 4.34. The molecule has 0 unspecified atom stereocenters. The summed E-state index contributed by atoms with van der Waals surface area (Å²) in [5, 5.41) is 9.33. The van der Waals surface area contributed by atoms with Gasteiger partial charge < -0.3 is 10.6 Å². The van der Waals surface area contributed by atoms with Crippen LogP contribution in [0.5, 0.6) is 0 Å². The number of benzene rings is 2. The molecule has 0 bridgehead atoms. The Morgan fingerprint density at radius 3 is 2.63 bits per heavy atom. The van der Waals surface area contributed by atoms with E-state index in [4.69, 9.17) is 0 Å². The monoisotopic (exact) mass is 430 g/mol. The normalized spacial score (nSPS) is 10.5. The SMILES string of the molecule is CC(=O)Nc1ccc(F)c(NC(=O)c2cnn(-c3cccc(Br)c3)c2C)c1. The molecule has 3 aromatic rings. The lowest BCUT2D eigenvalue weighted by atomic mass is 10.2. The van der Waals surface area contributed by atoms with Crippen LogP contribution < -0.4 is 10.6 Å². The first-order chi connectivity index (χ1) is 12.8. The van der Waals surface area contributed by atoms with Crippen LogP contribution in [0, 0.1) is 12.7 Å². The van der Waals surface area contributed by atoms with Gasteiger partial charge in [-0.1, -0.05) is 22.0 Å². The van der Waals surface area contributed by atoms with Gasteiger partial charge in [0.15, 0.2) is 0 Å². The van der Waals surface area contributed by atoms with Crippen LogP contribution in [0.4, 0.5) is 15.8 Å². The minimum atomic E-state index is -0.602. The summed E-state index contributed by atoms with van der Waals surface area (Å²) in [6, 6.07) is 11.5. The van der Waals surface area contributed by atoms with Crippen LogP contribution in [0.25, 0.3) is 5.69 Å². The van der Waals surface area contributed by atoms with Gasteiger partial charge in [-0.15, -0.1) is 0 Å². The Morgan fingerprint density at radius 1 is 1.15 bits per heavy atom. The number of halogens is 2. The summed E-state index contributed by atoms with van der Waals surface area (Å²) in [6.07, 6.45) is 1.43. The molecule has 0 fully saturated rings. The maximum atomic E-state index is 14.0. The number of aromatic nitrogens is 2. The Kier molecular flexibility index (Phi) is 5.36. The van der Waals surface area contributed by atoms with Crippen LogP contribution in [0.15, 0.2) is 53.1 Å². The summed E-state index contributed by atoms with van der Waals surface area (Å²) in [5.74, 6) is -1.38. The number of nitrogens with one attached hydrogen (secondary N) is 2. The number of hydrogen-bond donors (Lipinski definition) is 2. The molecule has 2 aromatic carbocycles. The van der Waals surface area contributed by atoms with E-state index in [1.807, 2.05) is 24.3 Å². The van der Waals surface area contributed by atoms with Crippen LogP contribution in [0.1, 0.15) is 23.0 Å². The highest BCUT2D eigenvalue weighted by atomic mass is 79.9. The van der Waals surface area contributed by atoms with Crippen molar-refractivity contribution in [2.45, 2.75) is 13.8 Å². The number of hydrogen-bond acceptors (Lipinski definition) is 3. The summed E-state index contributed by atoms with van der Waals surface area (Å²) in [5.41, 5.74) is 2.09. The fourth-order valence-electron chi connectivity index (χ4n) is 2.59. The van der Waals surface area contributed by atoms with Crippen molar-refractivity contribution in [2.75, 3.05) is 10.6 Å². The molecule has 8 heteroatoms. The first-order valence-electron chi connectivity index (χ1n) is 8.04. The van der Waals surface area contributed by atoms with E-state index in [0.717, 1.165) is 10.2 Å². The van der Waals surface area contributed by atoms with Gasteiger partial charge in [0.25, 0.3) is 5.91 Å². The van der Waals surface area contributed by atoms with Crippen molar-refractivity contribution in [2.24, 2.45) is 0 Å². The van der Waals surface area contributed by atoms with Gasteiger partial charge in [0.1, 0.15) is 5.82 Å². The molecule has 0 aliphatic heterocycles. The van der Waals surface area contributed by atoms with E-state index in [1.54, 1.807) is 11.6 Å². The topological polar surface area (TPSA) is 76.0 Å². The molecule has 0 aliphatic rings. The summed E-state index contributed by atoms with van der Waals surface area (Å²) < 4.78 is 16.6. The molecule has 0 spiro atoms. The lowest BCUT2D eigenvalue weighted by Gasteiger charge is -2.09. The number of anilines is 2. The van der Waals surface area contributed by atoms with Crippen LogP contribution in [-0.2, 0) is 4.79 Å². The first-order valence-corrected chi connectivity index (χ1v) is 8.83. The van der Waals surface area contributed by atoms with Gasteiger partial charge in [-0.05, 0) is 43.3 Å². The van der Waals surface area contributed by atoms with Crippen molar-refractivity contribution in [3.63, 3.8) is 0 Å². The highest BCUT2D eigenvalue weighted by Gasteiger charge is 2.17. The van der Waals surface area contributed by atoms with Crippen LogP contribution >= 0.6 is 15.9 Å². The number of nitrogens with zero attached hydrogens (tertiary/aromatic N) is 2. The Bertz CT molecular complexity index is 1030. The second-order valence-corrected chi connectivity index (χ2v) is 6.78. The molecule has 3 rings (SSSR count). The van der Waals surface area contributed by atoms with Gasteiger partial charge in [-0.25, -0.2) is 9.07 Å². The molecule has 2 N–H and O–H groups in total. The molecule has 0 aliphatic carbocycles. The molecule has 2 amide bonds. The standard InChI is InChI=1S/C19H16BrFN4O2/c1-11-16(10-22-25(11)15-5-3-4-13(20)8-15)19(27)24-18-9-14(23-12(2)26)6-7-17(18)21/h3-10H,1-2H3,(H,23,26)(H,24,27). The third kappa shape index (κ3) is 4.22. The molecule has 27 heavy (non-hydrogen) atoms. The average Bonchev–Trinajstić information content (AvgIpc) is 2.99. The van der Waals surface area contributed by atoms with Crippen molar-refractivity contribution >= 4 is 39.1 Å². The predicted octanol–water partition coefficient (Wildman–Crippen LogP) is 4.29.